The van der Waals surface area contributed by atoms with Crippen molar-refractivity contribution in [3.05, 3.63) is 18.2 Å². The van der Waals surface area contributed by atoms with Gasteiger partial charge in [-0.2, -0.15) is 0 Å². The van der Waals surface area contributed by atoms with Crippen molar-refractivity contribution in [1.29, 1.82) is 0 Å². The summed E-state index contributed by atoms with van der Waals surface area (Å²) >= 11 is 0. The van der Waals surface area contributed by atoms with Gasteiger partial charge in [-0.15, -0.1) is 0 Å². The summed E-state index contributed by atoms with van der Waals surface area (Å²) in [5.41, 5.74) is -0.364. The summed E-state index contributed by atoms with van der Waals surface area (Å²) in [4.78, 5) is 37.7. The number of benzene rings is 1. The number of anilines is 1. The van der Waals surface area contributed by atoms with Gasteiger partial charge in [0.1, 0.15) is 12.1 Å². The first-order valence-electron chi connectivity index (χ1n) is 7.81. The highest BCUT2D eigenvalue weighted by Crippen LogP contribution is 2.42. The van der Waals surface area contributed by atoms with Crippen molar-refractivity contribution in [2.75, 3.05) is 18.7 Å². The van der Waals surface area contributed by atoms with Gasteiger partial charge in [0.25, 0.3) is 5.91 Å². The van der Waals surface area contributed by atoms with Crippen LogP contribution in [0.1, 0.15) is 19.8 Å². The monoisotopic (exact) mass is 331 g/mol. The first kappa shape index (κ1) is 14.8. The number of amides is 4. The zero-order valence-corrected chi connectivity index (χ0v) is 13.1. The lowest BCUT2D eigenvalue weighted by Crippen LogP contribution is -2.46. The number of hydrogen-bond donors (Lipinski definition) is 2. The minimum Gasteiger partial charge on any atom is -0.454 e. The van der Waals surface area contributed by atoms with Gasteiger partial charge >= 0.3 is 6.03 Å². The number of carbonyl (C=O) groups is 3. The summed E-state index contributed by atoms with van der Waals surface area (Å²) in [7, 11) is 0. The van der Waals surface area contributed by atoms with E-state index >= 15 is 0 Å². The third-order valence-corrected chi connectivity index (χ3v) is 4.65. The fourth-order valence-corrected chi connectivity index (χ4v) is 3.12. The minimum atomic E-state index is -0.879. The molecule has 4 amide bonds. The lowest BCUT2D eigenvalue weighted by Gasteiger charge is -2.20. The number of carbonyl (C=O) groups excluding carboxylic acids is 3. The second-order valence-electron chi connectivity index (χ2n) is 6.41. The highest BCUT2D eigenvalue weighted by Gasteiger charge is 2.56. The van der Waals surface area contributed by atoms with Crippen LogP contribution in [-0.4, -0.2) is 41.6 Å². The number of rotatable bonds is 4. The van der Waals surface area contributed by atoms with Crippen molar-refractivity contribution in [2.45, 2.75) is 25.3 Å². The molecule has 1 aromatic carbocycles. The molecule has 1 atom stereocenters. The second kappa shape index (κ2) is 5.12. The number of nitrogens with one attached hydrogen (secondary N) is 2. The molecule has 8 nitrogen and oxygen atoms in total. The quantitative estimate of drug-likeness (QED) is 0.805. The van der Waals surface area contributed by atoms with Crippen LogP contribution in [0, 0.1) is 5.92 Å². The Hall–Kier alpha value is -2.77. The molecule has 2 aliphatic heterocycles. The fourth-order valence-electron chi connectivity index (χ4n) is 3.12. The molecule has 1 aromatic rings. The van der Waals surface area contributed by atoms with E-state index in [0.717, 1.165) is 17.7 Å². The maximum atomic E-state index is 12.5. The molecule has 126 valence electrons. The molecule has 0 radical (unpaired) electrons. The summed E-state index contributed by atoms with van der Waals surface area (Å²) < 4.78 is 10.5. The molecule has 2 N–H and O–H groups in total. The Bertz CT molecular complexity index is 745. The Balaban J connectivity index is 1.42. The molecule has 0 unspecified atom stereocenters. The van der Waals surface area contributed by atoms with Crippen LogP contribution in [0.3, 0.4) is 0 Å². The van der Waals surface area contributed by atoms with Gasteiger partial charge in [-0.3, -0.25) is 14.5 Å². The Morgan fingerprint density at radius 2 is 2.08 bits per heavy atom. The van der Waals surface area contributed by atoms with E-state index in [9.17, 15) is 14.4 Å². The molecule has 1 aliphatic carbocycles. The van der Waals surface area contributed by atoms with Crippen LogP contribution in [0.2, 0.25) is 0 Å². The molecule has 4 rings (SSSR count). The predicted octanol–water partition coefficient (Wildman–Crippen LogP) is 1.07. The van der Waals surface area contributed by atoms with Crippen LogP contribution in [0.5, 0.6) is 11.5 Å². The van der Waals surface area contributed by atoms with Crippen molar-refractivity contribution in [3.8, 4) is 11.5 Å². The van der Waals surface area contributed by atoms with Gasteiger partial charge < -0.3 is 20.1 Å². The van der Waals surface area contributed by atoms with E-state index in [-0.39, 0.29) is 25.2 Å². The lowest BCUT2D eigenvalue weighted by atomic mass is 9.96. The van der Waals surface area contributed by atoms with Gasteiger partial charge in [-0.25, -0.2) is 4.79 Å². The molecule has 3 aliphatic rings. The summed E-state index contributed by atoms with van der Waals surface area (Å²) in [6.45, 7) is 1.55. The molecule has 0 aromatic heterocycles. The third kappa shape index (κ3) is 2.34. The maximum Gasteiger partial charge on any atom is 0.325 e. The molecule has 2 heterocycles. The molecule has 1 saturated heterocycles. The van der Waals surface area contributed by atoms with Crippen molar-refractivity contribution < 1.29 is 23.9 Å². The lowest BCUT2D eigenvalue weighted by molar-refractivity contribution is -0.134. The molecular weight excluding hydrogens is 314 g/mol. The Labute approximate surface area is 138 Å². The average molecular weight is 331 g/mol. The standard InChI is InChI=1S/C16H17N3O5/c1-16(9-2-3-9)14(21)19(15(22)18-16)7-13(20)17-10-4-5-11-12(6-10)24-8-23-11/h4-6,9H,2-3,7-8H2,1H3,(H,17,20)(H,18,22)/t16-/m0/s1. The van der Waals surface area contributed by atoms with Gasteiger partial charge in [0.05, 0.1) is 0 Å². The van der Waals surface area contributed by atoms with Crippen molar-refractivity contribution in [2.24, 2.45) is 5.92 Å². The van der Waals surface area contributed by atoms with Crippen molar-refractivity contribution in [3.63, 3.8) is 0 Å². The number of ether oxygens (including phenoxy) is 2. The largest absolute Gasteiger partial charge is 0.454 e. The number of nitrogens with zero attached hydrogens (tertiary/aromatic N) is 1. The van der Waals surface area contributed by atoms with E-state index < -0.39 is 17.5 Å². The first-order chi connectivity index (χ1) is 11.5. The van der Waals surface area contributed by atoms with Gasteiger partial charge in [0, 0.05) is 11.8 Å². The second-order valence-corrected chi connectivity index (χ2v) is 6.41. The SMILES string of the molecule is C[C@@]1(C2CC2)NC(=O)N(CC(=O)Nc2ccc3c(c2)OCO3)C1=O. The normalized spacial score (nSPS) is 25.0. The average Bonchev–Trinajstić information content (AvgIpc) is 3.26. The van der Waals surface area contributed by atoms with Gasteiger partial charge in [-0.05, 0) is 37.8 Å². The number of fused-ring (bicyclic) bond motifs is 1. The highest BCUT2D eigenvalue weighted by molar-refractivity contribution is 6.10. The molecule has 24 heavy (non-hydrogen) atoms. The molecule has 2 fully saturated rings. The number of imide groups is 1. The van der Waals surface area contributed by atoms with Gasteiger partial charge in [0.2, 0.25) is 12.7 Å². The minimum absolute atomic E-state index is 0.148. The molecular formula is C16H17N3O5. The summed E-state index contributed by atoms with van der Waals surface area (Å²) in [5, 5.41) is 5.38. The van der Waals surface area contributed by atoms with E-state index in [2.05, 4.69) is 10.6 Å². The van der Waals surface area contributed by atoms with Crippen LogP contribution in [0.15, 0.2) is 18.2 Å². The van der Waals surface area contributed by atoms with Crippen molar-refractivity contribution >= 4 is 23.5 Å². The molecule has 0 spiro atoms. The van der Waals surface area contributed by atoms with Crippen LogP contribution in [0.4, 0.5) is 10.5 Å². The van der Waals surface area contributed by atoms with Crippen LogP contribution in [0.25, 0.3) is 0 Å². The van der Waals surface area contributed by atoms with E-state index in [0.29, 0.717) is 17.2 Å². The Kier molecular flexibility index (Phi) is 3.16. The maximum absolute atomic E-state index is 12.5. The van der Waals surface area contributed by atoms with Gasteiger partial charge in [-0.1, -0.05) is 0 Å². The van der Waals surface area contributed by atoms with E-state index in [1.807, 2.05) is 0 Å². The van der Waals surface area contributed by atoms with E-state index in [4.69, 9.17) is 9.47 Å². The topological polar surface area (TPSA) is 97.0 Å². The summed E-state index contributed by atoms with van der Waals surface area (Å²) in [6.07, 6.45) is 1.83. The van der Waals surface area contributed by atoms with Crippen LogP contribution < -0.4 is 20.1 Å². The Morgan fingerprint density at radius 3 is 2.83 bits per heavy atom. The number of hydrogen-bond acceptors (Lipinski definition) is 5. The van der Waals surface area contributed by atoms with Gasteiger partial charge in [0.15, 0.2) is 11.5 Å². The number of urea groups is 1. The predicted molar refractivity (Wildman–Crippen MR) is 82.6 cm³/mol. The fraction of sp³-hybridized carbons (Fsp3) is 0.438. The zero-order valence-electron chi connectivity index (χ0n) is 13.1. The molecule has 0 bridgehead atoms. The van der Waals surface area contributed by atoms with E-state index in [1.54, 1.807) is 25.1 Å². The molecule has 1 saturated carbocycles. The van der Waals surface area contributed by atoms with Crippen molar-refractivity contribution in [1.82, 2.24) is 10.2 Å². The van der Waals surface area contributed by atoms with E-state index in [1.165, 1.54) is 0 Å². The molecule has 8 heteroatoms. The summed E-state index contributed by atoms with van der Waals surface area (Å²) in [6, 6.07) is 4.48. The first-order valence-corrected chi connectivity index (χ1v) is 7.81. The highest BCUT2D eigenvalue weighted by atomic mass is 16.7. The summed E-state index contributed by atoms with van der Waals surface area (Å²) in [5.74, 6) is 0.538. The third-order valence-electron chi connectivity index (χ3n) is 4.65. The smallest absolute Gasteiger partial charge is 0.325 e. The van der Waals surface area contributed by atoms with Crippen LogP contribution >= 0.6 is 0 Å². The zero-order chi connectivity index (χ0) is 16.9. The Morgan fingerprint density at radius 1 is 1.33 bits per heavy atom. The van der Waals surface area contributed by atoms with Crippen LogP contribution in [-0.2, 0) is 9.59 Å².